The van der Waals surface area contributed by atoms with Crippen LogP contribution in [-0.4, -0.2) is 60.5 Å². The molecule has 2 heterocycles. The normalized spacial score (nSPS) is 16.8. The van der Waals surface area contributed by atoms with Crippen molar-refractivity contribution in [3.05, 3.63) is 42.2 Å². The number of hydrogen-bond acceptors (Lipinski definition) is 5. The van der Waals surface area contributed by atoms with Gasteiger partial charge in [0.05, 0.1) is 31.6 Å². The van der Waals surface area contributed by atoms with Gasteiger partial charge >= 0.3 is 0 Å². The molecule has 0 saturated carbocycles. The van der Waals surface area contributed by atoms with Crippen LogP contribution >= 0.6 is 0 Å². The van der Waals surface area contributed by atoms with Crippen molar-refractivity contribution in [2.75, 3.05) is 33.9 Å². The second-order valence-corrected chi connectivity index (χ2v) is 6.61. The van der Waals surface area contributed by atoms with Crippen molar-refractivity contribution in [3.8, 4) is 11.4 Å². The van der Waals surface area contributed by atoms with Crippen molar-refractivity contribution in [2.45, 2.75) is 25.5 Å². The minimum absolute atomic E-state index is 0.0168. The maximum absolute atomic E-state index is 12.1. The summed E-state index contributed by atoms with van der Waals surface area (Å²) in [5.41, 5.74) is 1.98. The van der Waals surface area contributed by atoms with E-state index >= 15 is 0 Å². The summed E-state index contributed by atoms with van der Waals surface area (Å²) in [7, 11) is 3.57. The van der Waals surface area contributed by atoms with Gasteiger partial charge in [-0.15, -0.1) is 0 Å². The van der Waals surface area contributed by atoms with Crippen LogP contribution in [0.5, 0.6) is 5.75 Å². The van der Waals surface area contributed by atoms with E-state index < -0.39 is 0 Å². The van der Waals surface area contributed by atoms with Gasteiger partial charge in [-0.2, -0.15) is 5.10 Å². The molecule has 0 spiro atoms. The van der Waals surface area contributed by atoms with Crippen LogP contribution in [0.1, 0.15) is 18.4 Å². The largest absolute Gasteiger partial charge is 0.497 e. The van der Waals surface area contributed by atoms with Gasteiger partial charge in [-0.3, -0.25) is 9.69 Å². The maximum Gasteiger partial charge on any atom is 0.234 e. The number of carbonyl (C=O) groups is 1. The van der Waals surface area contributed by atoms with Gasteiger partial charge in [0.1, 0.15) is 5.75 Å². The van der Waals surface area contributed by atoms with E-state index in [0.717, 1.165) is 36.4 Å². The Morgan fingerprint density at radius 1 is 1.50 bits per heavy atom. The Labute approximate surface area is 153 Å². The molecular formula is C19H26N4O3. The summed E-state index contributed by atoms with van der Waals surface area (Å²) in [6, 6.07) is 7.73. The lowest BCUT2D eigenvalue weighted by atomic mass is 10.2. The Morgan fingerprint density at radius 2 is 2.38 bits per heavy atom. The van der Waals surface area contributed by atoms with Crippen molar-refractivity contribution >= 4 is 5.91 Å². The molecule has 0 radical (unpaired) electrons. The summed E-state index contributed by atoms with van der Waals surface area (Å²) in [6.07, 6.45) is 6.07. The average Bonchev–Trinajstić information content (AvgIpc) is 3.32. The van der Waals surface area contributed by atoms with E-state index in [4.69, 9.17) is 9.47 Å². The number of methoxy groups -OCH3 is 1. The molecule has 7 heteroatoms. The molecule has 0 bridgehead atoms. The first-order valence-electron chi connectivity index (χ1n) is 8.89. The topological polar surface area (TPSA) is 68.6 Å². The summed E-state index contributed by atoms with van der Waals surface area (Å²) in [6.45, 7) is 2.40. The zero-order valence-electron chi connectivity index (χ0n) is 15.4. The first-order valence-corrected chi connectivity index (χ1v) is 8.89. The number of benzene rings is 1. The van der Waals surface area contributed by atoms with Gasteiger partial charge in [-0.25, -0.2) is 4.68 Å². The highest BCUT2D eigenvalue weighted by atomic mass is 16.5. The molecular weight excluding hydrogens is 332 g/mol. The smallest absolute Gasteiger partial charge is 0.234 e. The van der Waals surface area contributed by atoms with Gasteiger partial charge in [0.25, 0.3) is 0 Å². The number of likely N-dealkylation sites (N-methyl/N-ethyl adjacent to an activating group) is 1. The molecule has 1 N–H and O–H groups in total. The van der Waals surface area contributed by atoms with Gasteiger partial charge in [-0.05, 0) is 32.0 Å². The Balaban J connectivity index is 1.49. The monoisotopic (exact) mass is 358 g/mol. The third-order valence-corrected chi connectivity index (χ3v) is 4.37. The van der Waals surface area contributed by atoms with Crippen LogP contribution in [0.2, 0.25) is 0 Å². The summed E-state index contributed by atoms with van der Waals surface area (Å²) < 4.78 is 12.6. The highest BCUT2D eigenvalue weighted by molar-refractivity contribution is 5.78. The molecule has 1 aromatic carbocycles. The van der Waals surface area contributed by atoms with Crippen LogP contribution < -0.4 is 10.1 Å². The highest BCUT2D eigenvalue weighted by Gasteiger charge is 2.16. The molecule has 7 nitrogen and oxygen atoms in total. The number of aromatic nitrogens is 2. The Morgan fingerprint density at radius 3 is 3.15 bits per heavy atom. The van der Waals surface area contributed by atoms with Gasteiger partial charge in [0.2, 0.25) is 5.91 Å². The van der Waals surface area contributed by atoms with Gasteiger partial charge in [0, 0.05) is 37.5 Å². The summed E-state index contributed by atoms with van der Waals surface area (Å²) in [5, 5.41) is 7.34. The van der Waals surface area contributed by atoms with Crippen molar-refractivity contribution in [2.24, 2.45) is 0 Å². The molecule has 0 unspecified atom stereocenters. The van der Waals surface area contributed by atoms with E-state index in [-0.39, 0.29) is 12.0 Å². The number of amides is 1. The minimum Gasteiger partial charge on any atom is -0.497 e. The highest BCUT2D eigenvalue weighted by Crippen LogP contribution is 2.16. The summed E-state index contributed by atoms with van der Waals surface area (Å²) in [5.74, 6) is 0.808. The molecule has 1 aromatic heterocycles. The molecule has 2 aromatic rings. The Bertz CT molecular complexity index is 725. The van der Waals surface area contributed by atoms with Crippen LogP contribution in [0.15, 0.2) is 36.7 Å². The van der Waals surface area contributed by atoms with E-state index in [9.17, 15) is 4.79 Å². The second kappa shape index (κ2) is 8.82. The number of carbonyl (C=O) groups excluding carboxylic acids is 1. The van der Waals surface area contributed by atoms with Crippen LogP contribution in [0.25, 0.3) is 5.69 Å². The lowest BCUT2D eigenvalue weighted by molar-refractivity contribution is -0.122. The van der Waals surface area contributed by atoms with E-state index in [0.29, 0.717) is 19.6 Å². The Kier molecular flexibility index (Phi) is 6.25. The number of nitrogens with zero attached hydrogens (tertiary/aromatic N) is 3. The zero-order chi connectivity index (χ0) is 18.4. The van der Waals surface area contributed by atoms with Crippen LogP contribution in [-0.2, 0) is 16.1 Å². The first-order chi connectivity index (χ1) is 12.6. The molecule has 1 amide bonds. The number of nitrogens with one attached hydrogen (secondary N) is 1. The fraction of sp³-hybridized carbons (Fsp3) is 0.474. The van der Waals surface area contributed by atoms with Crippen molar-refractivity contribution in [1.29, 1.82) is 0 Å². The predicted molar refractivity (Wildman–Crippen MR) is 98.4 cm³/mol. The quantitative estimate of drug-likeness (QED) is 0.776. The van der Waals surface area contributed by atoms with Crippen LogP contribution in [0, 0.1) is 0 Å². The van der Waals surface area contributed by atoms with Crippen molar-refractivity contribution < 1.29 is 14.3 Å². The minimum atomic E-state index is 0.0168. The van der Waals surface area contributed by atoms with Crippen LogP contribution in [0.4, 0.5) is 0 Å². The molecule has 1 atom stereocenters. The van der Waals surface area contributed by atoms with Crippen LogP contribution in [0.3, 0.4) is 0 Å². The lowest BCUT2D eigenvalue weighted by Crippen LogP contribution is -2.38. The average molecular weight is 358 g/mol. The van der Waals surface area contributed by atoms with Crippen molar-refractivity contribution in [3.63, 3.8) is 0 Å². The maximum atomic E-state index is 12.1. The molecule has 1 aliphatic rings. The van der Waals surface area contributed by atoms with E-state index in [2.05, 4.69) is 10.4 Å². The number of hydrogen-bond donors (Lipinski definition) is 1. The molecule has 0 aliphatic carbocycles. The Hall–Kier alpha value is -2.38. The summed E-state index contributed by atoms with van der Waals surface area (Å²) in [4.78, 5) is 14.0. The second-order valence-electron chi connectivity index (χ2n) is 6.61. The fourth-order valence-electron chi connectivity index (χ4n) is 3.04. The third-order valence-electron chi connectivity index (χ3n) is 4.37. The molecule has 1 fully saturated rings. The fourth-order valence-corrected chi connectivity index (χ4v) is 3.04. The SMILES string of the molecule is COc1cccc(-n2cc(CN(C)CC(=O)NC[C@@H]3CCCO3)cn2)c1. The third kappa shape index (κ3) is 5.06. The summed E-state index contributed by atoms with van der Waals surface area (Å²) >= 11 is 0. The standard InChI is InChI=1S/C19H26N4O3/c1-22(14-19(24)20-11-18-7-4-8-26-18)12-15-10-21-23(13-15)16-5-3-6-17(9-16)25-2/h3,5-6,9-10,13,18H,4,7-8,11-12,14H2,1-2H3,(H,20,24)/t18-/m0/s1. The molecule has 1 saturated heterocycles. The number of ether oxygens (including phenoxy) is 2. The molecule has 26 heavy (non-hydrogen) atoms. The van der Waals surface area contributed by atoms with Crippen molar-refractivity contribution in [1.82, 2.24) is 20.0 Å². The predicted octanol–water partition coefficient (Wildman–Crippen LogP) is 1.61. The lowest BCUT2D eigenvalue weighted by Gasteiger charge is -2.16. The molecule has 140 valence electrons. The van der Waals surface area contributed by atoms with E-state index in [1.807, 2.05) is 53.3 Å². The van der Waals surface area contributed by atoms with Gasteiger partial charge < -0.3 is 14.8 Å². The molecule has 3 rings (SSSR count). The number of rotatable bonds is 8. The van der Waals surface area contributed by atoms with Gasteiger partial charge in [-0.1, -0.05) is 6.07 Å². The van der Waals surface area contributed by atoms with E-state index in [1.165, 1.54) is 0 Å². The first kappa shape index (κ1) is 18.4. The van der Waals surface area contributed by atoms with E-state index in [1.54, 1.807) is 7.11 Å². The van der Waals surface area contributed by atoms with Gasteiger partial charge in [0.15, 0.2) is 0 Å². The molecule has 1 aliphatic heterocycles. The zero-order valence-corrected chi connectivity index (χ0v) is 15.4.